The number of aromatic nitrogens is 1. The van der Waals surface area contributed by atoms with E-state index in [9.17, 15) is 8.42 Å². The van der Waals surface area contributed by atoms with Crippen LogP contribution in [-0.2, 0) is 29.5 Å². The van der Waals surface area contributed by atoms with Gasteiger partial charge in [-0.15, -0.1) is 0 Å². The Morgan fingerprint density at radius 2 is 1.25 bits per heavy atom. The van der Waals surface area contributed by atoms with Crippen molar-refractivity contribution in [3.8, 4) is 0 Å². The summed E-state index contributed by atoms with van der Waals surface area (Å²) in [4.78, 5) is 2.72. The number of hydrogen-bond acceptors (Lipinski definition) is 3. The van der Waals surface area contributed by atoms with E-state index in [-0.39, 0.29) is 0 Å². The third-order valence-corrected chi connectivity index (χ3v) is 8.22. The van der Waals surface area contributed by atoms with Gasteiger partial charge in [0.05, 0.1) is 10.4 Å². The molecule has 0 saturated carbocycles. The summed E-state index contributed by atoms with van der Waals surface area (Å²) in [6.45, 7) is 4.42. The third-order valence-electron chi connectivity index (χ3n) is 6.53. The summed E-state index contributed by atoms with van der Waals surface area (Å²) in [5.41, 5.74) is 5.30. The summed E-state index contributed by atoms with van der Waals surface area (Å²) in [6, 6.07) is 35.8. The lowest BCUT2D eigenvalue weighted by Crippen LogP contribution is -2.25. The first-order valence-electron chi connectivity index (χ1n) is 12.2. The highest BCUT2D eigenvalue weighted by Gasteiger charge is 2.21. The number of nitrogens with zero attached hydrogens (tertiary/aromatic N) is 2. The van der Waals surface area contributed by atoms with E-state index >= 15 is 0 Å². The van der Waals surface area contributed by atoms with E-state index in [1.54, 1.807) is 12.1 Å². The first-order valence-corrected chi connectivity index (χ1v) is 13.7. The lowest BCUT2D eigenvalue weighted by molar-refractivity contribution is 0.260. The Kier molecular flexibility index (Phi) is 7.03. The van der Waals surface area contributed by atoms with E-state index in [0.29, 0.717) is 10.4 Å². The van der Waals surface area contributed by atoms with Crippen molar-refractivity contribution in [1.29, 1.82) is 0 Å². The number of fused-ring (bicyclic) bond motifs is 1. The lowest BCUT2D eigenvalue weighted by Gasteiger charge is -2.22. The zero-order valence-electron chi connectivity index (χ0n) is 20.4. The van der Waals surface area contributed by atoms with Crippen molar-refractivity contribution in [3.63, 3.8) is 0 Å². The fourth-order valence-electron chi connectivity index (χ4n) is 4.62. The van der Waals surface area contributed by atoms with Crippen molar-refractivity contribution in [2.45, 2.75) is 31.3 Å². The first kappa shape index (κ1) is 24.0. The molecule has 1 heterocycles. The van der Waals surface area contributed by atoms with Crippen molar-refractivity contribution in [2.75, 3.05) is 6.54 Å². The Bertz CT molecular complexity index is 1500. The number of rotatable bonds is 9. The molecule has 5 aromatic rings. The lowest BCUT2D eigenvalue weighted by atomic mass is 10.1. The van der Waals surface area contributed by atoms with Crippen molar-refractivity contribution in [2.24, 2.45) is 0 Å². The van der Waals surface area contributed by atoms with Crippen LogP contribution in [0.1, 0.15) is 22.3 Å². The maximum absolute atomic E-state index is 13.5. The fourth-order valence-corrected chi connectivity index (χ4v) is 6.01. The monoisotopic (exact) mass is 494 g/mol. The molecule has 0 aliphatic heterocycles. The standard InChI is InChI=1S/C31H30N2O2S/c1-25-16-18-29(19-17-25)36(34,35)33-24-28(30-14-8-9-15-31(30)33)20-21-32(22-26-10-4-2-5-11-26)23-27-12-6-3-7-13-27/h2-19,24H,20-23H2,1H3. The number of hydrogen-bond donors (Lipinski definition) is 0. The van der Waals surface area contributed by atoms with Crippen molar-refractivity contribution in [3.05, 3.63) is 138 Å². The number of benzene rings is 4. The van der Waals surface area contributed by atoms with Gasteiger partial charge in [-0.1, -0.05) is 96.6 Å². The molecular weight excluding hydrogens is 464 g/mol. The van der Waals surface area contributed by atoms with E-state index in [4.69, 9.17) is 0 Å². The zero-order chi connectivity index (χ0) is 25.0. The quantitative estimate of drug-likeness (QED) is 0.237. The van der Waals surface area contributed by atoms with Gasteiger partial charge in [0, 0.05) is 31.2 Å². The van der Waals surface area contributed by atoms with Gasteiger partial charge in [0.25, 0.3) is 10.0 Å². The van der Waals surface area contributed by atoms with Crippen LogP contribution in [0.2, 0.25) is 0 Å². The molecule has 0 aliphatic rings. The molecule has 0 amide bonds. The second kappa shape index (κ2) is 10.5. The van der Waals surface area contributed by atoms with Crippen molar-refractivity contribution >= 4 is 20.9 Å². The van der Waals surface area contributed by atoms with Crippen LogP contribution in [0, 0.1) is 6.92 Å². The van der Waals surface area contributed by atoms with Crippen LogP contribution in [0.25, 0.3) is 10.9 Å². The summed E-state index contributed by atoms with van der Waals surface area (Å²) >= 11 is 0. The largest absolute Gasteiger partial charge is 0.295 e. The second-order valence-corrected chi connectivity index (χ2v) is 11.0. The van der Waals surface area contributed by atoms with Gasteiger partial charge in [-0.2, -0.15) is 0 Å². The third kappa shape index (κ3) is 5.27. The van der Waals surface area contributed by atoms with Gasteiger partial charge in [-0.3, -0.25) is 4.90 Å². The van der Waals surface area contributed by atoms with Crippen molar-refractivity contribution < 1.29 is 8.42 Å². The minimum absolute atomic E-state index is 0.301. The minimum Gasteiger partial charge on any atom is -0.295 e. The molecule has 0 bridgehead atoms. The molecule has 5 rings (SSSR count). The molecule has 1 aromatic heterocycles. The Morgan fingerprint density at radius 3 is 1.86 bits per heavy atom. The van der Waals surface area contributed by atoms with E-state index in [1.165, 1.54) is 15.1 Å². The highest BCUT2D eigenvalue weighted by molar-refractivity contribution is 7.90. The van der Waals surface area contributed by atoms with Crippen LogP contribution in [0.4, 0.5) is 0 Å². The van der Waals surface area contributed by atoms with Crippen LogP contribution < -0.4 is 0 Å². The van der Waals surface area contributed by atoms with E-state index in [2.05, 4.69) is 53.4 Å². The Balaban J connectivity index is 1.45. The van der Waals surface area contributed by atoms with Crippen LogP contribution in [0.3, 0.4) is 0 Å². The molecule has 0 N–H and O–H groups in total. The average Bonchev–Trinajstić information content (AvgIpc) is 3.28. The summed E-state index contributed by atoms with van der Waals surface area (Å²) in [6.07, 6.45) is 2.56. The van der Waals surface area contributed by atoms with Crippen LogP contribution >= 0.6 is 0 Å². The molecule has 36 heavy (non-hydrogen) atoms. The maximum Gasteiger partial charge on any atom is 0.268 e. The van der Waals surface area contributed by atoms with Crippen LogP contribution in [0.5, 0.6) is 0 Å². The van der Waals surface area contributed by atoms with Gasteiger partial charge in [0.2, 0.25) is 0 Å². The second-order valence-electron chi connectivity index (χ2n) is 9.22. The van der Waals surface area contributed by atoms with Gasteiger partial charge in [-0.05, 0) is 48.2 Å². The predicted molar refractivity (Wildman–Crippen MR) is 146 cm³/mol. The molecule has 0 fully saturated rings. The molecule has 0 aliphatic carbocycles. The van der Waals surface area contributed by atoms with Crippen LogP contribution in [0.15, 0.2) is 120 Å². The zero-order valence-corrected chi connectivity index (χ0v) is 21.2. The van der Waals surface area contributed by atoms with Crippen LogP contribution in [-0.4, -0.2) is 23.8 Å². The summed E-state index contributed by atoms with van der Waals surface area (Å²) in [5, 5.41) is 0.979. The molecule has 5 heteroatoms. The fraction of sp³-hybridized carbons (Fsp3) is 0.161. The Hall–Kier alpha value is -3.67. The molecule has 0 spiro atoms. The highest BCUT2D eigenvalue weighted by Crippen LogP contribution is 2.27. The maximum atomic E-state index is 13.5. The van der Waals surface area contributed by atoms with E-state index in [1.807, 2.05) is 61.7 Å². The number of para-hydroxylation sites is 1. The highest BCUT2D eigenvalue weighted by atomic mass is 32.2. The van der Waals surface area contributed by atoms with Crippen molar-refractivity contribution in [1.82, 2.24) is 8.87 Å². The molecule has 0 atom stereocenters. The van der Waals surface area contributed by atoms with E-state index in [0.717, 1.165) is 42.6 Å². The van der Waals surface area contributed by atoms with Gasteiger partial charge in [-0.25, -0.2) is 12.4 Å². The average molecular weight is 495 g/mol. The number of aryl methyl sites for hydroxylation is 1. The SMILES string of the molecule is Cc1ccc(S(=O)(=O)n2cc(CCN(Cc3ccccc3)Cc3ccccc3)c3ccccc32)cc1. The molecule has 0 radical (unpaired) electrons. The molecule has 4 nitrogen and oxygen atoms in total. The van der Waals surface area contributed by atoms with Gasteiger partial charge >= 0.3 is 0 Å². The molecular formula is C31H30N2O2S. The van der Waals surface area contributed by atoms with Gasteiger partial charge in [0.15, 0.2) is 0 Å². The smallest absolute Gasteiger partial charge is 0.268 e. The first-order chi connectivity index (χ1) is 17.5. The summed E-state index contributed by atoms with van der Waals surface area (Å²) in [5.74, 6) is 0. The van der Waals surface area contributed by atoms with Gasteiger partial charge < -0.3 is 0 Å². The summed E-state index contributed by atoms with van der Waals surface area (Å²) in [7, 11) is -3.69. The topological polar surface area (TPSA) is 42.3 Å². The Labute approximate surface area is 213 Å². The molecule has 0 unspecified atom stereocenters. The molecule has 0 saturated heterocycles. The minimum atomic E-state index is -3.69. The molecule has 4 aromatic carbocycles. The Morgan fingerprint density at radius 1 is 0.694 bits per heavy atom. The van der Waals surface area contributed by atoms with E-state index < -0.39 is 10.0 Å². The normalized spacial score (nSPS) is 11.8. The summed E-state index contributed by atoms with van der Waals surface area (Å²) < 4.78 is 28.5. The van der Waals surface area contributed by atoms with Gasteiger partial charge in [0.1, 0.15) is 0 Å². The predicted octanol–water partition coefficient (Wildman–Crippen LogP) is 6.43. The molecule has 182 valence electrons.